The summed E-state index contributed by atoms with van der Waals surface area (Å²) in [6, 6.07) is 6.26. The number of benzene rings is 1. The maximum absolute atomic E-state index is 6.11. The van der Waals surface area contributed by atoms with E-state index in [0.717, 1.165) is 31.0 Å². The maximum Gasteiger partial charge on any atom is 0.161 e. The van der Waals surface area contributed by atoms with Gasteiger partial charge in [-0.2, -0.15) is 0 Å². The van der Waals surface area contributed by atoms with Crippen LogP contribution >= 0.6 is 0 Å². The highest BCUT2D eigenvalue weighted by Gasteiger charge is 2.17. The summed E-state index contributed by atoms with van der Waals surface area (Å²) >= 11 is 0. The molecule has 112 valence electrons. The van der Waals surface area contributed by atoms with Crippen molar-refractivity contribution in [1.82, 2.24) is 5.32 Å². The number of rotatable bonds is 7. The molecule has 1 N–H and O–H groups in total. The molecule has 0 saturated heterocycles. The van der Waals surface area contributed by atoms with Crippen molar-refractivity contribution >= 4 is 0 Å². The number of methoxy groups -OCH3 is 1. The van der Waals surface area contributed by atoms with Gasteiger partial charge >= 0.3 is 0 Å². The van der Waals surface area contributed by atoms with Gasteiger partial charge in [0.2, 0.25) is 0 Å². The Bertz CT molecular complexity index is 400. The highest BCUT2D eigenvalue weighted by atomic mass is 16.5. The molecule has 0 aliphatic heterocycles. The molecular weight excluding hydrogens is 250 g/mol. The zero-order valence-electron chi connectivity index (χ0n) is 12.8. The van der Waals surface area contributed by atoms with Gasteiger partial charge < -0.3 is 14.8 Å². The van der Waals surface area contributed by atoms with Gasteiger partial charge in [-0.3, -0.25) is 0 Å². The maximum atomic E-state index is 6.11. The topological polar surface area (TPSA) is 30.5 Å². The summed E-state index contributed by atoms with van der Waals surface area (Å²) in [5.41, 5.74) is 1.24. The van der Waals surface area contributed by atoms with E-state index in [1.54, 1.807) is 7.11 Å². The van der Waals surface area contributed by atoms with Crippen LogP contribution in [0.5, 0.6) is 11.5 Å². The number of nitrogens with one attached hydrogen (secondary N) is 1. The first kappa shape index (κ1) is 15.2. The summed E-state index contributed by atoms with van der Waals surface area (Å²) in [5, 5.41) is 3.41. The second kappa shape index (κ2) is 8.15. The van der Waals surface area contributed by atoms with Crippen LogP contribution in [0.15, 0.2) is 18.2 Å². The molecule has 1 fully saturated rings. The molecule has 2 rings (SSSR count). The molecule has 3 heteroatoms. The van der Waals surface area contributed by atoms with Gasteiger partial charge in [-0.05, 0) is 56.3 Å². The summed E-state index contributed by atoms with van der Waals surface area (Å²) in [5.74, 6) is 1.74. The Balaban J connectivity index is 1.97. The summed E-state index contributed by atoms with van der Waals surface area (Å²) in [7, 11) is 1.71. The fourth-order valence-corrected chi connectivity index (χ4v) is 2.69. The van der Waals surface area contributed by atoms with Crippen LogP contribution in [0.2, 0.25) is 0 Å². The van der Waals surface area contributed by atoms with E-state index in [4.69, 9.17) is 9.47 Å². The zero-order valence-corrected chi connectivity index (χ0v) is 12.8. The lowest BCUT2D eigenvalue weighted by molar-refractivity contribution is 0.149. The molecule has 0 aromatic heterocycles. The lowest BCUT2D eigenvalue weighted by Crippen LogP contribution is -2.20. The van der Waals surface area contributed by atoms with Crippen molar-refractivity contribution in [3.05, 3.63) is 23.8 Å². The minimum Gasteiger partial charge on any atom is -0.493 e. The molecule has 1 aromatic carbocycles. The zero-order chi connectivity index (χ0) is 14.2. The Morgan fingerprint density at radius 3 is 2.65 bits per heavy atom. The standard InChI is InChI=1S/C17H27NO2/c1-3-11-18-13-14-9-10-16(17(12-14)19-2)20-15-7-5-4-6-8-15/h9-10,12,15,18H,3-8,11,13H2,1-2H3. The average Bonchev–Trinajstić information content (AvgIpc) is 2.50. The Morgan fingerprint density at radius 1 is 1.15 bits per heavy atom. The van der Waals surface area contributed by atoms with Gasteiger partial charge in [-0.1, -0.05) is 19.4 Å². The van der Waals surface area contributed by atoms with Gasteiger partial charge in [-0.25, -0.2) is 0 Å². The van der Waals surface area contributed by atoms with E-state index in [9.17, 15) is 0 Å². The summed E-state index contributed by atoms with van der Waals surface area (Å²) in [6.07, 6.45) is 7.77. The smallest absolute Gasteiger partial charge is 0.161 e. The average molecular weight is 277 g/mol. The first-order valence-corrected chi connectivity index (χ1v) is 7.87. The molecule has 0 radical (unpaired) electrons. The number of ether oxygens (including phenoxy) is 2. The van der Waals surface area contributed by atoms with Crippen molar-refractivity contribution in [3.8, 4) is 11.5 Å². The highest BCUT2D eigenvalue weighted by Crippen LogP contribution is 2.31. The van der Waals surface area contributed by atoms with Crippen molar-refractivity contribution in [2.75, 3.05) is 13.7 Å². The van der Waals surface area contributed by atoms with Crippen molar-refractivity contribution in [2.24, 2.45) is 0 Å². The van der Waals surface area contributed by atoms with Crippen LogP contribution in [0, 0.1) is 0 Å². The van der Waals surface area contributed by atoms with E-state index in [0.29, 0.717) is 6.10 Å². The SMILES string of the molecule is CCCNCc1ccc(OC2CCCCC2)c(OC)c1. The lowest BCUT2D eigenvalue weighted by Gasteiger charge is -2.24. The van der Waals surface area contributed by atoms with Crippen LogP contribution in [0.25, 0.3) is 0 Å². The number of hydrogen-bond donors (Lipinski definition) is 1. The van der Waals surface area contributed by atoms with E-state index in [-0.39, 0.29) is 0 Å². The third kappa shape index (κ3) is 4.41. The van der Waals surface area contributed by atoms with E-state index < -0.39 is 0 Å². The molecule has 1 aliphatic carbocycles. The molecule has 3 nitrogen and oxygen atoms in total. The first-order chi connectivity index (χ1) is 9.83. The molecule has 0 spiro atoms. The van der Waals surface area contributed by atoms with Crippen LogP contribution in [-0.4, -0.2) is 19.8 Å². The van der Waals surface area contributed by atoms with Crippen molar-refractivity contribution in [3.63, 3.8) is 0 Å². The Hall–Kier alpha value is -1.22. The Kier molecular flexibility index (Phi) is 6.19. The van der Waals surface area contributed by atoms with Gasteiger partial charge in [0, 0.05) is 6.54 Å². The highest BCUT2D eigenvalue weighted by molar-refractivity contribution is 5.43. The van der Waals surface area contributed by atoms with Gasteiger partial charge in [-0.15, -0.1) is 0 Å². The van der Waals surface area contributed by atoms with Crippen LogP contribution in [0.4, 0.5) is 0 Å². The quantitative estimate of drug-likeness (QED) is 0.767. The van der Waals surface area contributed by atoms with Crippen molar-refractivity contribution < 1.29 is 9.47 Å². The second-order valence-electron chi connectivity index (χ2n) is 5.54. The minimum absolute atomic E-state index is 0.363. The summed E-state index contributed by atoms with van der Waals surface area (Å²) < 4.78 is 11.6. The molecule has 0 amide bonds. The van der Waals surface area contributed by atoms with Gasteiger partial charge in [0.05, 0.1) is 13.2 Å². The van der Waals surface area contributed by atoms with Crippen LogP contribution in [-0.2, 0) is 6.54 Å². The molecule has 0 unspecified atom stereocenters. The second-order valence-corrected chi connectivity index (χ2v) is 5.54. The van der Waals surface area contributed by atoms with Crippen LogP contribution in [0.3, 0.4) is 0 Å². The molecule has 0 bridgehead atoms. The van der Waals surface area contributed by atoms with Crippen LogP contribution < -0.4 is 14.8 Å². The first-order valence-electron chi connectivity index (χ1n) is 7.87. The van der Waals surface area contributed by atoms with E-state index >= 15 is 0 Å². The summed E-state index contributed by atoms with van der Waals surface area (Å²) in [4.78, 5) is 0. The van der Waals surface area contributed by atoms with E-state index in [1.165, 1.54) is 37.7 Å². The fraction of sp³-hybridized carbons (Fsp3) is 0.647. The van der Waals surface area contributed by atoms with E-state index in [1.807, 2.05) is 0 Å². The van der Waals surface area contributed by atoms with Crippen LogP contribution in [0.1, 0.15) is 51.0 Å². The largest absolute Gasteiger partial charge is 0.493 e. The molecule has 20 heavy (non-hydrogen) atoms. The predicted molar refractivity (Wildman–Crippen MR) is 82.5 cm³/mol. The molecule has 1 aliphatic rings. The molecule has 1 aromatic rings. The molecular formula is C17H27NO2. The molecule has 1 saturated carbocycles. The van der Waals surface area contributed by atoms with Gasteiger partial charge in [0.25, 0.3) is 0 Å². The molecule has 0 heterocycles. The predicted octanol–water partition coefficient (Wildman–Crippen LogP) is 3.91. The normalized spacial score (nSPS) is 16.1. The minimum atomic E-state index is 0.363. The van der Waals surface area contributed by atoms with Crippen molar-refractivity contribution in [1.29, 1.82) is 0 Å². The molecule has 0 atom stereocenters. The Labute approximate surface area is 122 Å². The third-order valence-electron chi connectivity index (χ3n) is 3.83. The lowest BCUT2D eigenvalue weighted by atomic mass is 9.98. The fourth-order valence-electron chi connectivity index (χ4n) is 2.69. The Morgan fingerprint density at radius 2 is 1.95 bits per heavy atom. The van der Waals surface area contributed by atoms with Crippen molar-refractivity contribution in [2.45, 2.75) is 58.1 Å². The number of hydrogen-bond acceptors (Lipinski definition) is 3. The van der Waals surface area contributed by atoms with Gasteiger partial charge in [0.15, 0.2) is 11.5 Å². The monoisotopic (exact) mass is 277 g/mol. The van der Waals surface area contributed by atoms with E-state index in [2.05, 4.69) is 30.4 Å². The summed E-state index contributed by atoms with van der Waals surface area (Å²) in [6.45, 7) is 4.10. The van der Waals surface area contributed by atoms with Gasteiger partial charge in [0.1, 0.15) is 0 Å². The third-order valence-corrected chi connectivity index (χ3v) is 3.83.